The van der Waals surface area contributed by atoms with Crippen molar-refractivity contribution in [3.63, 3.8) is 0 Å². The Morgan fingerprint density at radius 2 is 0.400 bits per heavy atom. The molecule has 5 heteroatoms. The summed E-state index contributed by atoms with van der Waals surface area (Å²) in [6, 6.07) is 0. The van der Waals surface area contributed by atoms with Crippen LogP contribution in [0.25, 0.3) is 0 Å². The summed E-state index contributed by atoms with van der Waals surface area (Å²) in [5.74, 6) is 0. The van der Waals surface area contributed by atoms with Crippen LogP contribution in [0, 0.1) is 0 Å². The second kappa shape index (κ2) is 32.0. The first-order valence-corrected chi connectivity index (χ1v) is 0. The molecule has 0 spiro atoms. The van der Waals surface area contributed by atoms with Gasteiger partial charge in [-0.1, -0.05) is 0 Å². The van der Waals surface area contributed by atoms with Crippen LogP contribution < -0.4 is 0 Å². The summed E-state index contributed by atoms with van der Waals surface area (Å²) in [5.41, 5.74) is 0. The molecule has 0 unspecified atom stereocenters. The van der Waals surface area contributed by atoms with E-state index in [-0.39, 0.29) is 85.0 Å². The van der Waals surface area contributed by atoms with E-state index in [1.165, 1.54) is 0 Å². The van der Waals surface area contributed by atoms with Crippen molar-refractivity contribution in [1.82, 2.24) is 0 Å². The SMILES string of the molecule is Br.Br.Br.Br.[Fe]. The average Bonchev–Trinajstić information content (AvgIpc) is 0. The van der Waals surface area contributed by atoms with Crippen LogP contribution in [0.15, 0.2) is 0 Å². The molecular weight excluding hydrogens is 375 g/mol. The summed E-state index contributed by atoms with van der Waals surface area (Å²) in [6.07, 6.45) is 0. The topological polar surface area (TPSA) is 0 Å². The largest absolute Gasteiger partial charge is 0.114 e. The van der Waals surface area contributed by atoms with Gasteiger partial charge in [-0.15, -0.1) is 67.9 Å². The van der Waals surface area contributed by atoms with Crippen molar-refractivity contribution in [2.45, 2.75) is 0 Å². The third-order valence-electron chi connectivity index (χ3n) is 0. The normalized spacial score (nSPS) is 0. The van der Waals surface area contributed by atoms with Gasteiger partial charge in [-0.05, 0) is 0 Å². The van der Waals surface area contributed by atoms with Crippen molar-refractivity contribution < 1.29 is 17.1 Å². The average molecular weight is 379 g/mol. The summed E-state index contributed by atoms with van der Waals surface area (Å²) < 4.78 is 0. The van der Waals surface area contributed by atoms with E-state index in [1.54, 1.807) is 0 Å². The Labute approximate surface area is 84.0 Å². The molecule has 5 heavy (non-hydrogen) atoms. The zero-order valence-corrected chi connectivity index (χ0v) is 9.94. The van der Waals surface area contributed by atoms with Crippen molar-refractivity contribution in [2.75, 3.05) is 0 Å². The first-order chi connectivity index (χ1) is 0. The molecule has 0 radical (unpaired) electrons. The van der Waals surface area contributed by atoms with Crippen LogP contribution in [-0.4, -0.2) is 0 Å². The Kier molecular flexibility index (Phi) is 332. The van der Waals surface area contributed by atoms with Crippen molar-refractivity contribution in [3.05, 3.63) is 0 Å². The van der Waals surface area contributed by atoms with Crippen LogP contribution >= 0.6 is 67.9 Å². The zero-order valence-electron chi connectivity index (χ0n) is 1.99. The number of hydrogen-bond acceptors (Lipinski definition) is 0. The van der Waals surface area contributed by atoms with Crippen molar-refractivity contribution in [2.24, 2.45) is 0 Å². The van der Waals surface area contributed by atoms with Gasteiger partial charge >= 0.3 is 0 Å². The van der Waals surface area contributed by atoms with Crippen LogP contribution in [0.5, 0.6) is 0 Å². The minimum absolute atomic E-state index is 0. The van der Waals surface area contributed by atoms with E-state index in [2.05, 4.69) is 0 Å². The molecule has 0 rings (SSSR count). The quantitative estimate of drug-likeness (QED) is 0.567. The fraction of sp³-hybridized carbons (Fsp3) is 0. The predicted molar refractivity (Wildman–Crippen MR) is 41.3 cm³/mol. The van der Waals surface area contributed by atoms with E-state index in [0.29, 0.717) is 0 Å². The van der Waals surface area contributed by atoms with Gasteiger partial charge in [0.2, 0.25) is 0 Å². The summed E-state index contributed by atoms with van der Waals surface area (Å²) in [6.45, 7) is 0. The molecule has 0 aromatic heterocycles. The Morgan fingerprint density at radius 3 is 0.400 bits per heavy atom. The summed E-state index contributed by atoms with van der Waals surface area (Å²) in [7, 11) is 0. The zero-order chi connectivity index (χ0) is 0. The van der Waals surface area contributed by atoms with Crippen LogP contribution in [0.4, 0.5) is 0 Å². The molecule has 0 atom stereocenters. The molecule has 0 aromatic carbocycles. The fourth-order valence-electron chi connectivity index (χ4n) is 0. The summed E-state index contributed by atoms with van der Waals surface area (Å²) in [4.78, 5) is 0. The van der Waals surface area contributed by atoms with Gasteiger partial charge in [0.15, 0.2) is 0 Å². The van der Waals surface area contributed by atoms with E-state index in [4.69, 9.17) is 0 Å². The van der Waals surface area contributed by atoms with Gasteiger partial charge in [0.1, 0.15) is 0 Å². The van der Waals surface area contributed by atoms with Gasteiger partial charge in [0.25, 0.3) is 0 Å². The standard InChI is InChI=1S/4BrH.Fe/h4*1H;. The predicted octanol–water partition coefficient (Wildman–Crippen LogP) is 2.31. The molecule has 0 fully saturated rings. The van der Waals surface area contributed by atoms with Crippen LogP contribution in [0.3, 0.4) is 0 Å². The van der Waals surface area contributed by atoms with E-state index < -0.39 is 0 Å². The minimum atomic E-state index is 0. The minimum Gasteiger partial charge on any atom is -0.114 e. The second-order valence-electron chi connectivity index (χ2n) is 0. The molecule has 0 saturated carbocycles. The van der Waals surface area contributed by atoms with Crippen molar-refractivity contribution >= 4 is 67.9 Å². The van der Waals surface area contributed by atoms with Gasteiger partial charge in [0, 0.05) is 17.1 Å². The molecule has 0 heterocycles. The van der Waals surface area contributed by atoms with Gasteiger partial charge in [-0.3, -0.25) is 0 Å². The maximum Gasteiger partial charge on any atom is 0 e. The molecule has 40 valence electrons. The number of halogens is 4. The van der Waals surface area contributed by atoms with Crippen LogP contribution in [-0.2, 0) is 17.1 Å². The monoisotopic (exact) mass is 376 g/mol. The van der Waals surface area contributed by atoms with Gasteiger partial charge in [-0.2, -0.15) is 0 Å². The van der Waals surface area contributed by atoms with Gasteiger partial charge in [0.05, 0.1) is 0 Å². The molecule has 0 nitrogen and oxygen atoms in total. The van der Waals surface area contributed by atoms with Gasteiger partial charge < -0.3 is 0 Å². The molecule has 0 aliphatic heterocycles. The molecular formula is H4Br4Fe. The van der Waals surface area contributed by atoms with E-state index in [0.717, 1.165) is 0 Å². The Bertz CT molecular complexity index is 3.61. The van der Waals surface area contributed by atoms with Crippen LogP contribution in [0.1, 0.15) is 0 Å². The summed E-state index contributed by atoms with van der Waals surface area (Å²) in [5, 5.41) is 0. The van der Waals surface area contributed by atoms with Crippen molar-refractivity contribution in [1.29, 1.82) is 0 Å². The number of hydrogen-bond donors (Lipinski definition) is 0. The Balaban J connectivity index is 0. The fourth-order valence-corrected chi connectivity index (χ4v) is 0. The molecule has 0 bridgehead atoms. The Morgan fingerprint density at radius 1 is 0.400 bits per heavy atom. The smallest absolute Gasteiger partial charge is 0 e. The van der Waals surface area contributed by atoms with Gasteiger partial charge in [-0.25, -0.2) is 0 Å². The second-order valence-corrected chi connectivity index (χ2v) is 0. The third kappa shape index (κ3) is 21.3. The molecule has 0 aliphatic carbocycles. The number of rotatable bonds is 0. The summed E-state index contributed by atoms with van der Waals surface area (Å²) >= 11 is 0. The Hall–Kier alpha value is 2.44. The molecule has 0 N–H and O–H groups in total. The van der Waals surface area contributed by atoms with E-state index in [1.807, 2.05) is 0 Å². The maximum atomic E-state index is 0. The maximum absolute atomic E-state index is 0. The molecule has 0 saturated heterocycles. The first kappa shape index (κ1) is 51.8. The molecule has 0 aliphatic rings. The van der Waals surface area contributed by atoms with E-state index in [9.17, 15) is 0 Å². The van der Waals surface area contributed by atoms with Crippen LogP contribution in [0.2, 0.25) is 0 Å². The third-order valence-corrected chi connectivity index (χ3v) is 0. The van der Waals surface area contributed by atoms with Crippen molar-refractivity contribution in [3.8, 4) is 0 Å². The molecule has 0 amide bonds. The van der Waals surface area contributed by atoms with E-state index >= 15 is 0 Å². The molecule has 0 aromatic rings. The first-order valence-electron chi connectivity index (χ1n) is 0.